The highest BCUT2D eigenvalue weighted by Gasteiger charge is 2.14. The Hall–Kier alpha value is -1.91. The highest BCUT2D eigenvalue weighted by atomic mass is 16.3. The minimum absolute atomic E-state index is 0.0142. The number of nitrogens with zero attached hydrogens (tertiary/aromatic N) is 2. The summed E-state index contributed by atoms with van der Waals surface area (Å²) < 4.78 is 0. The third-order valence-corrected chi connectivity index (χ3v) is 3.12. The average Bonchev–Trinajstić information content (AvgIpc) is 2.47. The van der Waals surface area contributed by atoms with Crippen molar-refractivity contribution in [1.29, 1.82) is 0 Å². The summed E-state index contributed by atoms with van der Waals surface area (Å²) in [6, 6.07) is 14.1. The van der Waals surface area contributed by atoms with Crippen molar-refractivity contribution in [3.05, 3.63) is 59.8 Å². The molecule has 0 radical (unpaired) electrons. The Kier molecular flexibility index (Phi) is 5.09. The lowest BCUT2D eigenvalue weighted by atomic mass is 10.1. The molecule has 2 N–H and O–H groups in total. The van der Waals surface area contributed by atoms with E-state index in [1.54, 1.807) is 6.20 Å². The third kappa shape index (κ3) is 3.79. The summed E-state index contributed by atoms with van der Waals surface area (Å²) in [6.07, 6.45) is 1.74. The lowest BCUT2D eigenvalue weighted by Gasteiger charge is -2.24. The molecule has 4 nitrogen and oxygen atoms in total. The van der Waals surface area contributed by atoms with E-state index in [0.29, 0.717) is 0 Å². The van der Waals surface area contributed by atoms with Crippen LogP contribution in [0.4, 0.5) is 5.82 Å². The number of pyridine rings is 1. The van der Waals surface area contributed by atoms with Gasteiger partial charge in [-0.2, -0.15) is 0 Å². The number of hydrogen-bond donors (Lipinski definition) is 2. The van der Waals surface area contributed by atoms with E-state index in [-0.39, 0.29) is 12.6 Å². The smallest absolute Gasteiger partial charge is 0.131 e. The SMILES string of the molecule is CN(C)CC(Nc1ncccc1CO)c1ccccc1. The van der Waals surface area contributed by atoms with Crippen molar-refractivity contribution in [1.82, 2.24) is 9.88 Å². The number of aliphatic hydroxyl groups is 1. The van der Waals surface area contributed by atoms with Crippen LogP contribution in [-0.4, -0.2) is 35.6 Å². The molecule has 1 atom stereocenters. The van der Waals surface area contributed by atoms with Gasteiger partial charge in [0.25, 0.3) is 0 Å². The molecule has 0 aliphatic carbocycles. The van der Waals surface area contributed by atoms with Crippen LogP contribution in [0.2, 0.25) is 0 Å². The van der Waals surface area contributed by atoms with Gasteiger partial charge in [-0.05, 0) is 25.7 Å². The fourth-order valence-corrected chi connectivity index (χ4v) is 2.15. The zero-order valence-corrected chi connectivity index (χ0v) is 12.0. The molecule has 20 heavy (non-hydrogen) atoms. The molecule has 4 heteroatoms. The molecule has 0 spiro atoms. The highest BCUT2D eigenvalue weighted by molar-refractivity contribution is 5.45. The van der Waals surface area contributed by atoms with Crippen molar-refractivity contribution in [3.63, 3.8) is 0 Å². The van der Waals surface area contributed by atoms with E-state index in [2.05, 4.69) is 27.3 Å². The first-order valence-corrected chi connectivity index (χ1v) is 6.71. The minimum atomic E-state index is -0.0142. The van der Waals surface area contributed by atoms with Crippen molar-refractivity contribution in [2.24, 2.45) is 0 Å². The predicted molar refractivity (Wildman–Crippen MR) is 81.5 cm³/mol. The Morgan fingerprint density at radius 3 is 2.55 bits per heavy atom. The molecule has 2 aromatic rings. The van der Waals surface area contributed by atoms with Crippen molar-refractivity contribution in [3.8, 4) is 0 Å². The molecule has 0 aliphatic rings. The van der Waals surface area contributed by atoms with Gasteiger partial charge >= 0.3 is 0 Å². The first-order chi connectivity index (χ1) is 9.70. The van der Waals surface area contributed by atoms with Crippen LogP contribution >= 0.6 is 0 Å². The number of nitrogens with one attached hydrogen (secondary N) is 1. The van der Waals surface area contributed by atoms with Crippen LogP contribution in [0.1, 0.15) is 17.2 Å². The van der Waals surface area contributed by atoms with Crippen LogP contribution in [0.25, 0.3) is 0 Å². The molecule has 0 aliphatic heterocycles. The van der Waals surface area contributed by atoms with Gasteiger partial charge in [-0.3, -0.25) is 0 Å². The van der Waals surface area contributed by atoms with E-state index in [0.717, 1.165) is 17.9 Å². The van der Waals surface area contributed by atoms with Crippen LogP contribution in [0.3, 0.4) is 0 Å². The van der Waals surface area contributed by atoms with E-state index < -0.39 is 0 Å². The molecule has 0 saturated carbocycles. The molecular weight excluding hydrogens is 250 g/mol. The fraction of sp³-hybridized carbons (Fsp3) is 0.312. The summed E-state index contributed by atoms with van der Waals surface area (Å²) >= 11 is 0. The summed E-state index contributed by atoms with van der Waals surface area (Å²) in [6.45, 7) is 0.838. The number of aliphatic hydroxyl groups excluding tert-OH is 1. The summed E-state index contributed by atoms with van der Waals surface area (Å²) in [4.78, 5) is 6.46. The van der Waals surface area contributed by atoms with Gasteiger partial charge in [0.1, 0.15) is 5.82 Å². The van der Waals surface area contributed by atoms with E-state index in [4.69, 9.17) is 0 Å². The molecule has 1 aromatic heterocycles. The van der Waals surface area contributed by atoms with Crippen LogP contribution in [0, 0.1) is 0 Å². The molecule has 1 heterocycles. The largest absolute Gasteiger partial charge is 0.392 e. The van der Waals surface area contributed by atoms with Crippen LogP contribution in [-0.2, 0) is 6.61 Å². The molecule has 0 saturated heterocycles. The zero-order valence-electron chi connectivity index (χ0n) is 12.0. The summed E-state index contributed by atoms with van der Waals surface area (Å²) in [7, 11) is 4.09. The second-order valence-electron chi connectivity index (χ2n) is 5.04. The molecule has 1 aromatic carbocycles. The Bertz CT molecular complexity index is 528. The van der Waals surface area contributed by atoms with Gasteiger partial charge in [0.2, 0.25) is 0 Å². The Morgan fingerprint density at radius 1 is 1.15 bits per heavy atom. The van der Waals surface area contributed by atoms with Gasteiger partial charge in [-0.25, -0.2) is 4.98 Å². The summed E-state index contributed by atoms with van der Waals surface area (Å²) in [5.41, 5.74) is 2.02. The Labute approximate surface area is 120 Å². The highest BCUT2D eigenvalue weighted by Crippen LogP contribution is 2.21. The maximum Gasteiger partial charge on any atom is 0.131 e. The monoisotopic (exact) mass is 271 g/mol. The first kappa shape index (κ1) is 14.5. The Balaban J connectivity index is 2.24. The first-order valence-electron chi connectivity index (χ1n) is 6.71. The summed E-state index contributed by atoms with van der Waals surface area (Å²) in [5, 5.41) is 12.8. The van der Waals surface area contributed by atoms with Crippen molar-refractivity contribution in [2.75, 3.05) is 26.0 Å². The second-order valence-corrected chi connectivity index (χ2v) is 5.04. The van der Waals surface area contributed by atoms with Gasteiger partial charge in [0.15, 0.2) is 0 Å². The Morgan fingerprint density at radius 2 is 1.90 bits per heavy atom. The quantitative estimate of drug-likeness (QED) is 0.846. The maximum atomic E-state index is 9.39. The molecule has 2 rings (SSSR count). The van der Waals surface area contributed by atoms with Crippen molar-refractivity contribution < 1.29 is 5.11 Å². The second kappa shape index (κ2) is 7.03. The molecule has 1 unspecified atom stereocenters. The number of rotatable bonds is 6. The van der Waals surface area contributed by atoms with E-state index in [1.165, 1.54) is 5.56 Å². The van der Waals surface area contributed by atoms with Gasteiger partial charge in [-0.15, -0.1) is 0 Å². The number of benzene rings is 1. The van der Waals surface area contributed by atoms with Gasteiger partial charge in [0.05, 0.1) is 12.6 Å². The normalized spacial score (nSPS) is 12.4. The van der Waals surface area contributed by atoms with Crippen LogP contribution in [0.15, 0.2) is 48.7 Å². The lowest BCUT2D eigenvalue weighted by Crippen LogP contribution is -2.26. The molecule has 0 bridgehead atoms. The lowest BCUT2D eigenvalue weighted by molar-refractivity contribution is 0.282. The minimum Gasteiger partial charge on any atom is -0.392 e. The van der Waals surface area contributed by atoms with Gasteiger partial charge < -0.3 is 15.3 Å². The van der Waals surface area contributed by atoms with Gasteiger partial charge in [0, 0.05) is 18.3 Å². The molecule has 0 fully saturated rings. The molecule has 106 valence electrons. The zero-order chi connectivity index (χ0) is 14.4. The van der Waals surface area contributed by atoms with Crippen LogP contribution < -0.4 is 5.32 Å². The number of hydrogen-bond acceptors (Lipinski definition) is 4. The number of aromatic nitrogens is 1. The third-order valence-electron chi connectivity index (χ3n) is 3.12. The van der Waals surface area contributed by atoms with Crippen LogP contribution in [0.5, 0.6) is 0 Å². The average molecular weight is 271 g/mol. The molecular formula is C16H21N3O. The van der Waals surface area contributed by atoms with Gasteiger partial charge in [-0.1, -0.05) is 36.4 Å². The fourth-order valence-electron chi connectivity index (χ4n) is 2.15. The number of likely N-dealkylation sites (N-methyl/N-ethyl adjacent to an activating group) is 1. The van der Waals surface area contributed by atoms with Crippen molar-refractivity contribution in [2.45, 2.75) is 12.6 Å². The van der Waals surface area contributed by atoms with E-state index in [1.807, 2.05) is 44.4 Å². The maximum absolute atomic E-state index is 9.39. The van der Waals surface area contributed by atoms with E-state index in [9.17, 15) is 5.11 Å². The van der Waals surface area contributed by atoms with Crippen molar-refractivity contribution >= 4 is 5.82 Å². The van der Waals surface area contributed by atoms with E-state index >= 15 is 0 Å². The number of anilines is 1. The predicted octanol–water partition coefficient (Wildman–Crippen LogP) is 2.29. The standard InChI is InChI=1S/C16H21N3O/c1-19(2)11-15(13-7-4-3-5-8-13)18-16-14(12-20)9-6-10-17-16/h3-10,15,20H,11-12H2,1-2H3,(H,17,18). The summed E-state index contributed by atoms with van der Waals surface area (Å²) in [5.74, 6) is 0.741. The molecule has 0 amide bonds. The topological polar surface area (TPSA) is 48.4 Å².